The van der Waals surface area contributed by atoms with E-state index in [1.165, 1.54) is 5.69 Å². The monoisotopic (exact) mass is 310 g/mol. The van der Waals surface area contributed by atoms with E-state index in [9.17, 15) is 0 Å². The number of rotatable bonds is 9. The Morgan fingerprint density at radius 3 is 2.81 bits per heavy atom. The Morgan fingerprint density at radius 1 is 1.43 bits per heavy atom. The van der Waals surface area contributed by atoms with Crippen molar-refractivity contribution in [3.05, 3.63) is 17.3 Å². The Kier molecular flexibility index (Phi) is 6.02. The molecule has 0 unspecified atom stereocenters. The van der Waals surface area contributed by atoms with Gasteiger partial charge >= 0.3 is 0 Å². The van der Waals surface area contributed by atoms with Gasteiger partial charge in [0, 0.05) is 37.8 Å². The van der Waals surface area contributed by atoms with Crippen LogP contribution in [0.3, 0.4) is 0 Å². The molecular weight excluding hydrogens is 284 g/mol. The minimum absolute atomic E-state index is 0.500. The molecule has 0 aliphatic carbocycles. The molecule has 0 amide bonds. The highest BCUT2D eigenvalue weighted by Crippen LogP contribution is 2.27. The summed E-state index contributed by atoms with van der Waals surface area (Å²) in [6.07, 6.45) is 4.33. The van der Waals surface area contributed by atoms with Gasteiger partial charge in [-0.1, -0.05) is 13.8 Å². The third-order valence-corrected chi connectivity index (χ3v) is 4.63. The van der Waals surface area contributed by atoms with Crippen LogP contribution in [0.25, 0.3) is 4.96 Å². The summed E-state index contributed by atoms with van der Waals surface area (Å²) in [7, 11) is 3.73. The molecule has 0 saturated heterocycles. The average Bonchev–Trinajstić information content (AvgIpc) is 3.06. The number of hydrogen-bond acceptors (Lipinski definition) is 5. The van der Waals surface area contributed by atoms with Gasteiger partial charge in [0.2, 0.25) is 0 Å². The van der Waals surface area contributed by atoms with E-state index in [0.717, 1.165) is 43.3 Å². The minimum Gasteiger partial charge on any atom is -0.383 e. The molecule has 2 aromatic rings. The number of imidazole rings is 1. The molecule has 2 aromatic heterocycles. The second-order valence-corrected chi connectivity index (χ2v) is 6.00. The van der Waals surface area contributed by atoms with Crippen LogP contribution in [-0.4, -0.2) is 42.7 Å². The first-order valence-electron chi connectivity index (χ1n) is 7.61. The zero-order valence-corrected chi connectivity index (χ0v) is 14.2. The van der Waals surface area contributed by atoms with Crippen LogP contribution in [0.4, 0.5) is 5.82 Å². The summed E-state index contributed by atoms with van der Waals surface area (Å²) >= 11 is 1.68. The lowest BCUT2D eigenvalue weighted by molar-refractivity contribution is 0.202. The number of nitrogens with one attached hydrogen (secondary N) is 1. The number of nitrogens with zero attached hydrogens (tertiary/aromatic N) is 3. The quantitative estimate of drug-likeness (QED) is 0.773. The number of hydrogen-bond donors (Lipinski definition) is 1. The Bertz CT molecular complexity index is 547. The third kappa shape index (κ3) is 3.39. The van der Waals surface area contributed by atoms with Crippen LogP contribution in [0.2, 0.25) is 0 Å². The van der Waals surface area contributed by atoms with E-state index < -0.39 is 0 Å². The number of methoxy groups -OCH3 is 1. The second-order valence-electron chi connectivity index (χ2n) is 5.12. The number of anilines is 1. The number of thiazole rings is 1. The van der Waals surface area contributed by atoms with Crippen molar-refractivity contribution in [2.75, 3.05) is 32.2 Å². The summed E-state index contributed by atoms with van der Waals surface area (Å²) in [5, 5.41) is 5.35. The predicted molar refractivity (Wildman–Crippen MR) is 89.4 cm³/mol. The summed E-state index contributed by atoms with van der Waals surface area (Å²) in [6, 6.07) is 0.500. The van der Waals surface area contributed by atoms with Gasteiger partial charge < -0.3 is 15.0 Å². The number of fused-ring (bicyclic) bond motifs is 1. The van der Waals surface area contributed by atoms with Gasteiger partial charge in [-0.3, -0.25) is 4.40 Å². The maximum atomic E-state index is 5.30. The number of ether oxygens (including phenoxy) is 1. The van der Waals surface area contributed by atoms with Gasteiger partial charge in [-0.2, -0.15) is 0 Å². The zero-order valence-electron chi connectivity index (χ0n) is 13.4. The first-order valence-corrected chi connectivity index (χ1v) is 8.49. The molecule has 0 aliphatic rings. The fourth-order valence-corrected chi connectivity index (χ4v) is 3.49. The van der Waals surface area contributed by atoms with E-state index in [2.05, 4.69) is 40.0 Å². The molecule has 21 heavy (non-hydrogen) atoms. The Balaban J connectivity index is 2.41. The molecule has 0 radical (unpaired) electrons. The van der Waals surface area contributed by atoms with E-state index in [-0.39, 0.29) is 0 Å². The van der Waals surface area contributed by atoms with Crippen LogP contribution in [0.1, 0.15) is 32.4 Å². The largest absolute Gasteiger partial charge is 0.383 e. The van der Waals surface area contributed by atoms with Crippen LogP contribution >= 0.6 is 11.3 Å². The molecule has 0 aromatic carbocycles. The molecule has 0 bridgehead atoms. The maximum Gasteiger partial charge on any atom is 0.195 e. The summed E-state index contributed by atoms with van der Waals surface area (Å²) in [6.45, 7) is 6.90. The van der Waals surface area contributed by atoms with E-state index >= 15 is 0 Å². The molecule has 0 atom stereocenters. The predicted octanol–water partition coefficient (Wildman–Crippen LogP) is 2.76. The van der Waals surface area contributed by atoms with Gasteiger partial charge in [-0.15, -0.1) is 11.3 Å². The molecule has 0 saturated carbocycles. The van der Waals surface area contributed by atoms with Crippen molar-refractivity contribution >= 4 is 22.1 Å². The highest BCUT2D eigenvalue weighted by Gasteiger charge is 2.23. The fourth-order valence-electron chi connectivity index (χ4n) is 2.76. The fraction of sp³-hybridized carbons (Fsp3) is 0.667. The molecule has 2 heterocycles. The summed E-state index contributed by atoms with van der Waals surface area (Å²) in [5.74, 6) is 1.10. The standard InChI is InChI=1S/C15H26N4OS/c1-5-12(6-2)18(7-9-20-4)14-13(11-16-3)19-8-10-21-15(19)17-14/h8,10,12,16H,5-7,9,11H2,1-4H3. The van der Waals surface area contributed by atoms with Crippen LogP contribution in [0.5, 0.6) is 0 Å². The summed E-state index contributed by atoms with van der Waals surface area (Å²) in [5.41, 5.74) is 1.23. The smallest absolute Gasteiger partial charge is 0.195 e. The van der Waals surface area contributed by atoms with Crippen LogP contribution in [0, 0.1) is 0 Å². The van der Waals surface area contributed by atoms with Gasteiger partial charge in [0.15, 0.2) is 10.8 Å². The average molecular weight is 310 g/mol. The Labute approximate surface area is 130 Å². The van der Waals surface area contributed by atoms with Crippen LogP contribution in [0.15, 0.2) is 11.6 Å². The summed E-state index contributed by atoms with van der Waals surface area (Å²) < 4.78 is 7.49. The minimum atomic E-state index is 0.500. The molecule has 1 N–H and O–H groups in total. The molecule has 118 valence electrons. The topological polar surface area (TPSA) is 41.8 Å². The lowest BCUT2D eigenvalue weighted by Gasteiger charge is -2.31. The van der Waals surface area contributed by atoms with Gasteiger partial charge in [0.1, 0.15) is 0 Å². The van der Waals surface area contributed by atoms with Crippen LogP contribution in [-0.2, 0) is 11.3 Å². The molecule has 0 aliphatic heterocycles. The highest BCUT2D eigenvalue weighted by atomic mass is 32.1. The van der Waals surface area contributed by atoms with Gasteiger partial charge in [-0.25, -0.2) is 4.98 Å². The van der Waals surface area contributed by atoms with Crippen molar-refractivity contribution < 1.29 is 4.74 Å². The van der Waals surface area contributed by atoms with E-state index in [0.29, 0.717) is 6.04 Å². The van der Waals surface area contributed by atoms with Crippen molar-refractivity contribution in [1.82, 2.24) is 14.7 Å². The van der Waals surface area contributed by atoms with Crippen molar-refractivity contribution in [3.8, 4) is 0 Å². The molecule has 0 fully saturated rings. The SMILES string of the molecule is CCC(CC)N(CCOC)c1nc2sccn2c1CNC. The van der Waals surface area contributed by atoms with Crippen molar-refractivity contribution in [1.29, 1.82) is 0 Å². The summed E-state index contributed by atoms with van der Waals surface area (Å²) in [4.78, 5) is 8.34. The molecule has 0 spiro atoms. The van der Waals surface area contributed by atoms with E-state index in [1.54, 1.807) is 18.4 Å². The number of aromatic nitrogens is 2. The van der Waals surface area contributed by atoms with E-state index in [4.69, 9.17) is 9.72 Å². The second kappa shape index (κ2) is 7.77. The molecule has 2 rings (SSSR count). The van der Waals surface area contributed by atoms with Crippen LogP contribution < -0.4 is 10.2 Å². The van der Waals surface area contributed by atoms with Gasteiger partial charge in [-0.05, 0) is 19.9 Å². The van der Waals surface area contributed by atoms with Crippen molar-refractivity contribution in [2.45, 2.75) is 39.3 Å². The van der Waals surface area contributed by atoms with Gasteiger partial charge in [0.05, 0.1) is 12.3 Å². The normalized spacial score (nSPS) is 11.7. The molecule has 5 nitrogen and oxygen atoms in total. The van der Waals surface area contributed by atoms with E-state index in [1.807, 2.05) is 7.05 Å². The molecular formula is C15H26N4OS. The zero-order chi connectivity index (χ0) is 15.2. The maximum absolute atomic E-state index is 5.30. The lowest BCUT2D eigenvalue weighted by Crippen LogP contribution is -2.38. The first-order chi connectivity index (χ1) is 10.3. The van der Waals surface area contributed by atoms with Crippen molar-refractivity contribution in [2.24, 2.45) is 0 Å². The Morgan fingerprint density at radius 2 is 2.19 bits per heavy atom. The van der Waals surface area contributed by atoms with Crippen molar-refractivity contribution in [3.63, 3.8) is 0 Å². The third-order valence-electron chi connectivity index (χ3n) is 3.88. The Hall–Kier alpha value is -1.11. The first kappa shape index (κ1) is 16.3. The highest BCUT2D eigenvalue weighted by molar-refractivity contribution is 7.15. The van der Waals surface area contributed by atoms with Gasteiger partial charge in [0.25, 0.3) is 0 Å². The lowest BCUT2D eigenvalue weighted by atomic mass is 10.1. The molecule has 6 heteroatoms.